The van der Waals surface area contributed by atoms with E-state index in [2.05, 4.69) is 9.97 Å². The Hall–Kier alpha value is -1.55. The molecule has 84 valence electrons. The number of aromatic nitrogens is 2. The van der Waals surface area contributed by atoms with Crippen molar-refractivity contribution in [2.75, 3.05) is 7.11 Å². The van der Waals surface area contributed by atoms with Crippen molar-refractivity contribution in [2.45, 2.75) is 5.88 Å². The Morgan fingerprint density at radius 1 is 1.50 bits per heavy atom. The summed E-state index contributed by atoms with van der Waals surface area (Å²) in [5.74, 6) is 1.20. The van der Waals surface area contributed by atoms with E-state index in [1.807, 2.05) is 0 Å². The van der Waals surface area contributed by atoms with Crippen molar-refractivity contribution in [1.29, 1.82) is 0 Å². The summed E-state index contributed by atoms with van der Waals surface area (Å²) in [6, 6.07) is 4.32. The van der Waals surface area contributed by atoms with Gasteiger partial charge in [0.25, 0.3) is 0 Å². The number of methoxy groups -OCH3 is 1. The monoisotopic (exact) mass is 240 g/mol. The van der Waals surface area contributed by atoms with Crippen molar-refractivity contribution in [3.63, 3.8) is 0 Å². The van der Waals surface area contributed by atoms with Gasteiger partial charge in [-0.1, -0.05) is 0 Å². The lowest BCUT2D eigenvalue weighted by Crippen LogP contribution is -1.89. The summed E-state index contributed by atoms with van der Waals surface area (Å²) >= 11 is 5.63. The van der Waals surface area contributed by atoms with Gasteiger partial charge < -0.3 is 9.72 Å². The highest BCUT2D eigenvalue weighted by Gasteiger charge is 2.09. The standard InChI is InChI=1S/C11H10ClFN2O/c1-16-10-3-2-7(13)4-8(10)9-6-14-11(5-12)15-9/h2-4,6H,5H2,1H3,(H,14,15). The van der Waals surface area contributed by atoms with Gasteiger partial charge in [-0.2, -0.15) is 0 Å². The lowest BCUT2D eigenvalue weighted by atomic mass is 10.1. The summed E-state index contributed by atoms with van der Waals surface area (Å²) in [6.45, 7) is 0. The largest absolute Gasteiger partial charge is 0.496 e. The first kappa shape index (κ1) is 11.0. The molecule has 0 saturated heterocycles. The smallest absolute Gasteiger partial charge is 0.128 e. The summed E-state index contributed by atoms with van der Waals surface area (Å²) in [4.78, 5) is 7.04. The van der Waals surface area contributed by atoms with E-state index in [-0.39, 0.29) is 11.7 Å². The van der Waals surface area contributed by atoms with Crippen molar-refractivity contribution < 1.29 is 9.13 Å². The molecule has 0 atom stereocenters. The molecule has 0 radical (unpaired) electrons. The number of nitrogens with zero attached hydrogens (tertiary/aromatic N) is 1. The van der Waals surface area contributed by atoms with Gasteiger partial charge >= 0.3 is 0 Å². The van der Waals surface area contributed by atoms with Crippen molar-refractivity contribution in [2.24, 2.45) is 0 Å². The van der Waals surface area contributed by atoms with Crippen LogP contribution in [0.2, 0.25) is 0 Å². The summed E-state index contributed by atoms with van der Waals surface area (Å²) < 4.78 is 18.3. The fourth-order valence-electron chi connectivity index (χ4n) is 1.46. The highest BCUT2D eigenvalue weighted by molar-refractivity contribution is 6.16. The van der Waals surface area contributed by atoms with E-state index in [4.69, 9.17) is 16.3 Å². The van der Waals surface area contributed by atoms with Crippen molar-refractivity contribution in [3.05, 3.63) is 36.0 Å². The van der Waals surface area contributed by atoms with Crippen LogP contribution in [-0.2, 0) is 5.88 Å². The lowest BCUT2D eigenvalue weighted by molar-refractivity contribution is 0.415. The number of H-pyrrole nitrogens is 1. The molecule has 0 bridgehead atoms. The van der Waals surface area contributed by atoms with Gasteiger partial charge in [0.15, 0.2) is 0 Å². The number of hydrogen-bond acceptors (Lipinski definition) is 2. The summed E-state index contributed by atoms with van der Waals surface area (Å²) in [5.41, 5.74) is 1.32. The molecule has 3 nitrogen and oxygen atoms in total. The molecule has 1 N–H and O–H groups in total. The second-order valence-electron chi connectivity index (χ2n) is 3.22. The second kappa shape index (κ2) is 4.53. The van der Waals surface area contributed by atoms with E-state index in [0.29, 0.717) is 22.8 Å². The number of rotatable bonds is 3. The zero-order valence-corrected chi connectivity index (χ0v) is 9.38. The maximum Gasteiger partial charge on any atom is 0.128 e. The maximum atomic E-state index is 13.1. The Morgan fingerprint density at radius 2 is 2.31 bits per heavy atom. The summed E-state index contributed by atoms with van der Waals surface area (Å²) in [5, 5.41) is 0. The van der Waals surface area contributed by atoms with Crippen LogP contribution in [0, 0.1) is 5.82 Å². The van der Waals surface area contributed by atoms with Crippen LogP contribution in [0.3, 0.4) is 0 Å². The fourth-order valence-corrected chi connectivity index (χ4v) is 1.59. The number of hydrogen-bond donors (Lipinski definition) is 1. The molecule has 5 heteroatoms. The molecule has 0 spiro atoms. The van der Waals surface area contributed by atoms with Crippen LogP contribution in [0.25, 0.3) is 11.3 Å². The molecule has 0 amide bonds. The molecule has 0 fully saturated rings. The molecule has 1 heterocycles. The minimum Gasteiger partial charge on any atom is -0.496 e. The number of aromatic amines is 1. The highest BCUT2D eigenvalue weighted by Crippen LogP contribution is 2.29. The summed E-state index contributed by atoms with van der Waals surface area (Å²) in [6.07, 6.45) is 1.61. The van der Waals surface area contributed by atoms with Gasteiger partial charge in [-0.3, -0.25) is 0 Å². The van der Waals surface area contributed by atoms with E-state index in [9.17, 15) is 4.39 Å². The molecular weight excluding hydrogens is 231 g/mol. The maximum absolute atomic E-state index is 13.1. The molecule has 0 unspecified atom stereocenters. The third-order valence-corrected chi connectivity index (χ3v) is 2.46. The van der Waals surface area contributed by atoms with Gasteiger partial charge in [-0.15, -0.1) is 11.6 Å². The molecule has 0 aliphatic heterocycles. The van der Waals surface area contributed by atoms with Gasteiger partial charge in [0.2, 0.25) is 0 Å². The number of halogens is 2. The van der Waals surface area contributed by atoms with E-state index in [0.717, 1.165) is 0 Å². The van der Waals surface area contributed by atoms with Crippen molar-refractivity contribution in [3.8, 4) is 17.0 Å². The van der Waals surface area contributed by atoms with E-state index >= 15 is 0 Å². The first-order chi connectivity index (χ1) is 7.74. The Labute approximate surface area is 97.2 Å². The SMILES string of the molecule is COc1ccc(F)cc1-c1cnc(CCl)[nH]1. The normalized spacial score (nSPS) is 10.4. The zero-order chi connectivity index (χ0) is 11.5. The lowest BCUT2D eigenvalue weighted by Gasteiger charge is -2.06. The quantitative estimate of drug-likeness (QED) is 0.838. The first-order valence-electron chi connectivity index (χ1n) is 4.68. The van der Waals surface area contributed by atoms with E-state index in [1.54, 1.807) is 12.3 Å². The number of alkyl halides is 1. The van der Waals surface area contributed by atoms with E-state index < -0.39 is 0 Å². The number of nitrogens with one attached hydrogen (secondary N) is 1. The summed E-state index contributed by atoms with van der Waals surface area (Å²) in [7, 11) is 1.54. The number of ether oxygens (including phenoxy) is 1. The predicted molar refractivity (Wildman–Crippen MR) is 60.1 cm³/mol. The highest BCUT2D eigenvalue weighted by atomic mass is 35.5. The number of imidazole rings is 1. The van der Waals surface area contributed by atoms with Crippen LogP contribution in [0.5, 0.6) is 5.75 Å². The molecular formula is C11H10ClFN2O. The third kappa shape index (κ3) is 2.02. The molecule has 16 heavy (non-hydrogen) atoms. The average molecular weight is 241 g/mol. The molecule has 0 aliphatic carbocycles. The van der Waals surface area contributed by atoms with Gasteiger partial charge in [0.05, 0.1) is 24.9 Å². The Morgan fingerprint density at radius 3 is 2.94 bits per heavy atom. The second-order valence-corrected chi connectivity index (χ2v) is 3.49. The van der Waals surface area contributed by atoms with Crippen molar-refractivity contribution in [1.82, 2.24) is 9.97 Å². The van der Waals surface area contributed by atoms with Crippen LogP contribution in [0.1, 0.15) is 5.82 Å². The molecule has 2 rings (SSSR count). The van der Waals surface area contributed by atoms with Crippen LogP contribution in [0.15, 0.2) is 24.4 Å². The molecule has 2 aromatic rings. The Kier molecular flexibility index (Phi) is 3.10. The molecule has 1 aromatic heterocycles. The van der Waals surface area contributed by atoms with E-state index in [1.165, 1.54) is 19.2 Å². The third-order valence-electron chi connectivity index (χ3n) is 2.21. The number of benzene rings is 1. The first-order valence-corrected chi connectivity index (χ1v) is 5.22. The molecule has 0 saturated carbocycles. The van der Waals surface area contributed by atoms with Gasteiger partial charge in [0, 0.05) is 5.56 Å². The predicted octanol–water partition coefficient (Wildman–Crippen LogP) is 2.96. The van der Waals surface area contributed by atoms with Crippen LogP contribution >= 0.6 is 11.6 Å². The van der Waals surface area contributed by atoms with Gasteiger partial charge in [-0.05, 0) is 18.2 Å². The van der Waals surface area contributed by atoms with Crippen LogP contribution in [0.4, 0.5) is 4.39 Å². The van der Waals surface area contributed by atoms with Crippen molar-refractivity contribution >= 4 is 11.6 Å². The molecule has 1 aromatic carbocycles. The minimum atomic E-state index is -0.321. The van der Waals surface area contributed by atoms with Crippen LogP contribution in [-0.4, -0.2) is 17.1 Å². The minimum absolute atomic E-state index is 0.289. The van der Waals surface area contributed by atoms with Gasteiger partial charge in [0.1, 0.15) is 17.4 Å². The average Bonchev–Trinajstić information content (AvgIpc) is 2.77. The Balaban J connectivity index is 2.49. The molecule has 0 aliphatic rings. The topological polar surface area (TPSA) is 37.9 Å². The fraction of sp³-hybridized carbons (Fsp3) is 0.182. The Bertz CT molecular complexity index is 498. The zero-order valence-electron chi connectivity index (χ0n) is 8.63. The van der Waals surface area contributed by atoms with Crippen LogP contribution < -0.4 is 4.74 Å². The van der Waals surface area contributed by atoms with Gasteiger partial charge in [-0.25, -0.2) is 9.37 Å².